The quantitative estimate of drug-likeness (QED) is 0.130. The van der Waals surface area contributed by atoms with E-state index in [2.05, 4.69) is 35.3 Å². The van der Waals surface area contributed by atoms with Gasteiger partial charge < -0.3 is 27.0 Å². The number of nitrogens with zero attached hydrogens (tertiary/aromatic N) is 1. The van der Waals surface area contributed by atoms with Crippen LogP contribution in [0.3, 0.4) is 0 Å². The Morgan fingerprint density at radius 1 is 0.923 bits per heavy atom. The van der Waals surface area contributed by atoms with Gasteiger partial charge in [-0.1, -0.05) is 119 Å². The second kappa shape index (κ2) is 19.2. The van der Waals surface area contributed by atoms with E-state index < -0.39 is 0 Å². The predicted octanol–water partition coefficient (Wildman–Crippen LogP) is 6.38. The minimum Gasteiger partial charge on any atom is -1.00 e. The first-order valence-corrected chi connectivity index (χ1v) is 15.6. The summed E-state index contributed by atoms with van der Waals surface area (Å²) in [7, 11) is 0. The third-order valence-electron chi connectivity index (χ3n) is 6.94. The van der Waals surface area contributed by atoms with Crippen LogP contribution >= 0.6 is 22.9 Å². The van der Waals surface area contributed by atoms with Gasteiger partial charge in [0.2, 0.25) is 5.01 Å². The van der Waals surface area contributed by atoms with E-state index in [4.69, 9.17) is 16.3 Å². The number of nitrogens with one attached hydrogen (secondary N) is 1. The molecule has 1 amide bonds. The van der Waals surface area contributed by atoms with Gasteiger partial charge in [0, 0.05) is 18.1 Å². The lowest BCUT2D eigenvalue weighted by molar-refractivity contribution is -0.689. The zero-order valence-electron chi connectivity index (χ0n) is 23.5. The Balaban J connectivity index is 0.00000533. The number of benzene rings is 2. The molecule has 0 fully saturated rings. The molecule has 1 aromatic heterocycles. The summed E-state index contributed by atoms with van der Waals surface area (Å²) in [4.78, 5) is 13.1. The molecule has 1 N–H and O–H groups in total. The van der Waals surface area contributed by atoms with Gasteiger partial charge >= 0.3 is 0 Å². The summed E-state index contributed by atoms with van der Waals surface area (Å²) in [6, 6.07) is 13.2. The number of aryl methyl sites for hydroxylation is 1. The molecule has 3 aromatic rings. The molecule has 214 valence electrons. The van der Waals surface area contributed by atoms with Crippen LogP contribution in [0.4, 0.5) is 5.69 Å². The van der Waals surface area contributed by atoms with E-state index in [9.17, 15) is 4.79 Å². The summed E-state index contributed by atoms with van der Waals surface area (Å²) in [5.74, 6) is 0.400. The minimum atomic E-state index is -0.170. The van der Waals surface area contributed by atoms with Crippen LogP contribution < -0.4 is 31.6 Å². The van der Waals surface area contributed by atoms with Gasteiger partial charge in [0.25, 0.3) is 5.91 Å². The van der Waals surface area contributed by atoms with E-state index in [-0.39, 0.29) is 22.9 Å². The van der Waals surface area contributed by atoms with Gasteiger partial charge in [-0.15, -0.1) is 0 Å². The van der Waals surface area contributed by atoms with Crippen LogP contribution in [0.5, 0.6) is 5.75 Å². The summed E-state index contributed by atoms with van der Waals surface area (Å²) in [6.07, 6.45) is 17.8. The number of hydrogen-bond acceptors (Lipinski definition) is 3. The summed E-state index contributed by atoms with van der Waals surface area (Å²) in [5, 5.41) is 6.90. The lowest BCUT2D eigenvalue weighted by Gasteiger charge is -2.12. The molecule has 7 heteroatoms. The summed E-state index contributed by atoms with van der Waals surface area (Å²) in [5.41, 5.74) is 2.41. The van der Waals surface area contributed by atoms with Crippen molar-refractivity contribution in [2.75, 3.05) is 11.9 Å². The lowest BCUT2D eigenvalue weighted by atomic mass is 10.1. The molecule has 0 unspecified atom stereocenters. The van der Waals surface area contributed by atoms with Gasteiger partial charge in [-0.25, -0.2) is 0 Å². The number of aromatic nitrogens is 1. The number of carbonyl (C=O) groups excluding carboxylic acids is 1. The number of ether oxygens (including phenoxy) is 1. The zero-order chi connectivity index (χ0) is 27.0. The van der Waals surface area contributed by atoms with Crippen molar-refractivity contribution < 1.29 is 31.1 Å². The number of anilines is 1. The number of amides is 1. The highest BCUT2D eigenvalue weighted by Crippen LogP contribution is 2.27. The summed E-state index contributed by atoms with van der Waals surface area (Å²) in [6.45, 7) is 5.69. The number of hydrogen-bond donors (Lipinski definition) is 1. The summed E-state index contributed by atoms with van der Waals surface area (Å²) >= 11 is 8.08. The van der Waals surface area contributed by atoms with Crippen molar-refractivity contribution in [2.45, 2.75) is 97.4 Å². The second-order valence-corrected chi connectivity index (χ2v) is 11.5. The van der Waals surface area contributed by atoms with Gasteiger partial charge in [0.15, 0.2) is 12.7 Å². The largest absolute Gasteiger partial charge is 1.00 e. The molecule has 3 rings (SSSR count). The van der Waals surface area contributed by atoms with Crippen LogP contribution in [0.25, 0.3) is 0 Å². The SMILES string of the molecule is CCCCCCCCCCCCCCOc1cc(C(=O)Nc2ccccc2C[n+]2ccsc2C)ccc1Cl.[Br-]. The molecular formula is C32H44BrClN2O2S. The number of unbranched alkanes of at least 4 members (excludes halogenated alkanes) is 11. The van der Waals surface area contributed by atoms with Crippen LogP contribution in [0.2, 0.25) is 5.02 Å². The lowest BCUT2D eigenvalue weighted by Crippen LogP contribution is -3.00. The van der Waals surface area contributed by atoms with Crippen LogP contribution in [-0.4, -0.2) is 12.5 Å². The molecule has 0 aliphatic rings. The van der Waals surface area contributed by atoms with Crippen molar-refractivity contribution in [3.8, 4) is 5.75 Å². The number of carbonyl (C=O) groups is 1. The fourth-order valence-corrected chi connectivity index (χ4v) is 5.42. The van der Waals surface area contributed by atoms with Crippen LogP contribution in [-0.2, 0) is 6.54 Å². The van der Waals surface area contributed by atoms with Gasteiger partial charge in [0.05, 0.1) is 22.7 Å². The van der Waals surface area contributed by atoms with Gasteiger partial charge in [0.1, 0.15) is 5.75 Å². The average Bonchev–Trinajstić information content (AvgIpc) is 3.32. The first-order chi connectivity index (χ1) is 18.6. The number of halogens is 2. The van der Waals surface area contributed by atoms with Crippen LogP contribution in [0.15, 0.2) is 54.0 Å². The van der Waals surface area contributed by atoms with Crippen LogP contribution in [0.1, 0.15) is 105 Å². The highest BCUT2D eigenvalue weighted by atomic mass is 79.9. The number of thiazole rings is 1. The Bertz CT molecular complexity index is 1120. The predicted molar refractivity (Wildman–Crippen MR) is 161 cm³/mol. The van der Waals surface area contributed by atoms with Crippen molar-refractivity contribution in [3.63, 3.8) is 0 Å². The average molecular weight is 636 g/mol. The highest BCUT2D eigenvalue weighted by molar-refractivity contribution is 7.09. The zero-order valence-corrected chi connectivity index (χ0v) is 26.7. The molecule has 0 bridgehead atoms. The fourth-order valence-electron chi connectivity index (χ4n) is 4.58. The third kappa shape index (κ3) is 12.0. The molecule has 0 spiro atoms. The third-order valence-corrected chi connectivity index (χ3v) is 8.08. The fraction of sp³-hybridized carbons (Fsp3) is 0.500. The molecule has 0 saturated carbocycles. The molecular weight excluding hydrogens is 592 g/mol. The van der Waals surface area contributed by atoms with E-state index in [1.165, 1.54) is 69.2 Å². The Labute approximate surface area is 254 Å². The Hall–Kier alpha value is -1.89. The van der Waals surface area contributed by atoms with E-state index in [0.717, 1.165) is 24.1 Å². The maximum Gasteiger partial charge on any atom is 0.255 e. The number of para-hydroxylation sites is 1. The molecule has 1 heterocycles. The summed E-state index contributed by atoms with van der Waals surface area (Å²) < 4.78 is 8.14. The van der Waals surface area contributed by atoms with E-state index in [1.807, 2.05) is 24.3 Å². The molecule has 0 saturated heterocycles. The first-order valence-electron chi connectivity index (χ1n) is 14.3. The maximum absolute atomic E-state index is 13.1. The number of rotatable bonds is 18. The highest BCUT2D eigenvalue weighted by Gasteiger charge is 2.15. The van der Waals surface area contributed by atoms with Crippen molar-refractivity contribution in [2.24, 2.45) is 0 Å². The minimum absolute atomic E-state index is 0. The van der Waals surface area contributed by atoms with Gasteiger partial charge in [-0.3, -0.25) is 4.79 Å². The van der Waals surface area contributed by atoms with Gasteiger partial charge in [-0.05, 0) is 30.7 Å². The topological polar surface area (TPSA) is 42.2 Å². The molecule has 4 nitrogen and oxygen atoms in total. The van der Waals surface area contributed by atoms with Gasteiger partial charge in [-0.2, -0.15) is 4.57 Å². The monoisotopic (exact) mass is 634 g/mol. The van der Waals surface area contributed by atoms with Crippen LogP contribution in [0, 0.1) is 6.92 Å². The van der Waals surface area contributed by atoms with E-state index >= 15 is 0 Å². The Morgan fingerprint density at radius 3 is 2.21 bits per heavy atom. The van der Waals surface area contributed by atoms with Crippen molar-refractivity contribution in [1.82, 2.24) is 0 Å². The molecule has 0 aliphatic carbocycles. The van der Waals surface area contributed by atoms with E-state index in [0.29, 0.717) is 29.5 Å². The van der Waals surface area contributed by atoms with E-state index in [1.54, 1.807) is 29.5 Å². The van der Waals surface area contributed by atoms with Crippen molar-refractivity contribution in [3.05, 3.63) is 75.2 Å². The maximum atomic E-state index is 13.1. The van der Waals surface area contributed by atoms with Crippen molar-refractivity contribution in [1.29, 1.82) is 0 Å². The molecule has 0 atom stereocenters. The smallest absolute Gasteiger partial charge is 0.255 e. The Kier molecular flexibility index (Phi) is 16.4. The molecule has 2 aromatic carbocycles. The Morgan fingerprint density at radius 2 is 1.56 bits per heavy atom. The second-order valence-electron chi connectivity index (χ2n) is 10.0. The van der Waals surface area contributed by atoms with Crippen molar-refractivity contribution >= 4 is 34.5 Å². The normalized spacial score (nSPS) is 10.7. The standard InChI is InChI=1S/C32H43ClN2O2S.BrH/c1-3-4-5-6-7-8-9-10-11-12-13-16-22-37-31-24-27(19-20-29(31)33)32(36)34-30-18-15-14-17-28(30)25-35-21-23-38-26(35)2;/h14-15,17-21,23-24H,3-13,16,22,25H2,1-2H3;1H. The first kappa shape index (κ1) is 33.3. The molecule has 0 radical (unpaired) electrons. The molecule has 39 heavy (non-hydrogen) atoms. The molecule has 0 aliphatic heterocycles.